The molecule has 0 aliphatic carbocycles. The van der Waals surface area contributed by atoms with Crippen molar-refractivity contribution < 1.29 is 9.53 Å². The number of nitriles is 1. The molecule has 0 radical (unpaired) electrons. The summed E-state index contributed by atoms with van der Waals surface area (Å²) in [5, 5.41) is 11.9. The molecule has 1 N–H and O–H groups in total. The second-order valence-electron chi connectivity index (χ2n) is 4.29. The minimum atomic E-state index is -0.711. The zero-order valence-corrected chi connectivity index (χ0v) is 13.2. The summed E-state index contributed by atoms with van der Waals surface area (Å²) >= 11 is 3.89. The van der Waals surface area contributed by atoms with Gasteiger partial charge in [0, 0.05) is 9.32 Å². The van der Waals surface area contributed by atoms with Crippen molar-refractivity contribution >= 4 is 40.3 Å². The second-order valence-corrected chi connectivity index (χ2v) is 6.64. The third-order valence-corrected chi connectivity index (χ3v) is 4.71. The molecule has 1 heterocycles. The smallest absolute Gasteiger partial charge is 0.259 e. The van der Waals surface area contributed by atoms with Crippen molar-refractivity contribution in [3.05, 3.63) is 27.8 Å². The fourth-order valence-corrected chi connectivity index (χ4v) is 3.39. The predicted molar refractivity (Wildman–Crippen MR) is 83.1 cm³/mol. The van der Waals surface area contributed by atoms with Gasteiger partial charge >= 0.3 is 0 Å². The van der Waals surface area contributed by atoms with Crippen molar-refractivity contribution in [3.63, 3.8) is 0 Å². The number of nitrogens with zero attached hydrogens (tertiary/aromatic N) is 1. The molecule has 0 aromatic heterocycles. The number of ether oxygens (including phenoxy) is 1. The van der Waals surface area contributed by atoms with E-state index in [0.717, 1.165) is 9.32 Å². The number of hydrogen-bond donors (Lipinski definition) is 1. The summed E-state index contributed by atoms with van der Waals surface area (Å²) in [5.74, 6) is 1.97. The van der Waals surface area contributed by atoms with Crippen LogP contribution in [0.4, 0.5) is 0 Å². The number of benzene rings is 1. The summed E-state index contributed by atoms with van der Waals surface area (Å²) in [7, 11) is 0. The van der Waals surface area contributed by atoms with Crippen LogP contribution in [0.2, 0.25) is 0 Å². The molecule has 1 saturated heterocycles. The topological polar surface area (TPSA) is 62.1 Å². The highest BCUT2D eigenvalue weighted by molar-refractivity contribution is 14.1. The van der Waals surface area contributed by atoms with Crippen molar-refractivity contribution in [3.8, 4) is 11.8 Å². The first-order valence-electron chi connectivity index (χ1n) is 5.82. The van der Waals surface area contributed by atoms with Gasteiger partial charge in [0.25, 0.3) is 5.91 Å². The molecular formula is C13H13IN2O2S. The van der Waals surface area contributed by atoms with Crippen LogP contribution >= 0.6 is 34.4 Å². The highest BCUT2D eigenvalue weighted by Gasteiger charge is 2.36. The van der Waals surface area contributed by atoms with E-state index in [1.807, 2.05) is 24.3 Å². The number of rotatable bonds is 4. The number of carbonyl (C=O) groups excluding carboxylic acids is 1. The van der Waals surface area contributed by atoms with E-state index in [9.17, 15) is 4.79 Å². The molecule has 1 aliphatic heterocycles. The van der Waals surface area contributed by atoms with Gasteiger partial charge in [-0.15, -0.1) is 0 Å². The normalized spacial score (nSPS) is 21.7. The van der Waals surface area contributed by atoms with Gasteiger partial charge < -0.3 is 10.1 Å². The van der Waals surface area contributed by atoms with Gasteiger partial charge in [0.05, 0.1) is 6.07 Å². The van der Waals surface area contributed by atoms with Gasteiger partial charge in [0.1, 0.15) is 11.3 Å². The van der Waals surface area contributed by atoms with Gasteiger partial charge in [-0.3, -0.25) is 4.79 Å². The third-order valence-electron chi connectivity index (χ3n) is 2.80. The summed E-state index contributed by atoms with van der Waals surface area (Å²) in [4.78, 5) is 11.8. The van der Waals surface area contributed by atoms with Gasteiger partial charge in [-0.2, -0.15) is 17.0 Å². The Morgan fingerprint density at radius 1 is 1.53 bits per heavy atom. The largest absolute Gasteiger partial charge is 0.484 e. The SMILES string of the molecule is N#CC1(NC(=O)COc2ccc(I)cc2)CCSC1. The summed E-state index contributed by atoms with van der Waals surface area (Å²) in [6, 6.07) is 9.67. The van der Waals surface area contributed by atoms with Crippen LogP contribution in [0.1, 0.15) is 6.42 Å². The fraction of sp³-hybridized carbons (Fsp3) is 0.385. The first-order valence-corrected chi connectivity index (χ1v) is 8.05. The Bertz CT molecular complexity index is 492. The Morgan fingerprint density at radius 2 is 2.26 bits per heavy atom. The van der Waals surface area contributed by atoms with Gasteiger partial charge in [0.2, 0.25) is 0 Å². The van der Waals surface area contributed by atoms with E-state index in [0.29, 0.717) is 17.9 Å². The second kappa shape index (κ2) is 6.48. The lowest BCUT2D eigenvalue weighted by atomic mass is 10.0. The maximum absolute atomic E-state index is 11.8. The van der Waals surface area contributed by atoms with E-state index in [1.54, 1.807) is 11.8 Å². The van der Waals surface area contributed by atoms with Gasteiger partial charge in [0.15, 0.2) is 6.61 Å². The maximum Gasteiger partial charge on any atom is 0.259 e. The molecule has 1 aliphatic rings. The Kier molecular flexibility index (Phi) is 4.93. The molecule has 1 amide bonds. The summed E-state index contributed by atoms with van der Waals surface area (Å²) in [6.07, 6.45) is 0.698. The molecule has 4 nitrogen and oxygen atoms in total. The Labute approximate surface area is 130 Å². The number of hydrogen-bond acceptors (Lipinski definition) is 4. The van der Waals surface area contributed by atoms with Crippen LogP contribution in [0.25, 0.3) is 0 Å². The minimum Gasteiger partial charge on any atom is -0.484 e. The van der Waals surface area contributed by atoms with Crippen molar-refractivity contribution in [1.29, 1.82) is 5.26 Å². The van der Waals surface area contributed by atoms with Crippen LogP contribution in [0.3, 0.4) is 0 Å². The highest BCUT2D eigenvalue weighted by Crippen LogP contribution is 2.27. The van der Waals surface area contributed by atoms with Crippen LogP contribution in [0, 0.1) is 14.9 Å². The first-order chi connectivity index (χ1) is 9.13. The number of nitrogens with one attached hydrogen (secondary N) is 1. The number of carbonyl (C=O) groups is 1. The minimum absolute atomic E-state index is 0.0608. The average molecular weight is 388 g/mol. The number of halogens is 1. The molecular weight excluding hydrogens is 375 g/mol. The molecule has 6 heteroatoms. The van der Waals surface area contributed by atoms with E-state index < -0.39 is 5.54 Å². The number of amides is 1. The van der Waals surface area contributed by atoms with Gasteiger partial charge in [-0.25, -0.2) is 0 Å². The molecule has 1 aromatic rings. The van der Waals surface area contributed by atoms with Crippen LogP contribution in [0.15, 0.2) is 24.3 Å². The van der Waals surface area contributed by atoms with Crippen LogP contribution in [-0.4, -0.2) is 29.6 Å². The van der Waals surface area contributed by atoms with Gasteiger partial charge in [-0.05, 0) is 59.0 Å². The number of thioether (sulfide) groups is 1. The lowest BCUT2D eigenvalue weighted by molar-refractivity contribution is -0.124. The van der Waals surface area contributed by atoms with Crippen molar-refractivity contribution in [1.82, 2.24) is 5.32 Å². The third kappa shape index (κ3) is 4.01. The molecule has 100 valence electrons. The van der Waals surface area contributed by atoms with Crippen LogP contribution in [0.5, 0.6) is 5.75 Å². The first kappa shape index (κ1) is 14.5. The molecule has 1 atom stereocenters. The zero-order valence-electron chi connectivity index (χ0n) is 10.2. The van der Waals surface area contributed by atoms with E-state index in [2.05, 4.69) is 34.0 Å². The zero-order chi connectivity index (χ0) is 13.7. The summed E-state index contributed by atoms with van der Waals surface area (Å²) < 4.78 is 6.50. The van der Waals surface area contributed by atoms with Crippen LogP contribution in [-0.2, 0) is 4.79 Å². The maximum atomic E-state index is 11.8. The molecule has 1 aromatic carbocycles. The molecule has 0 bridgehead atoms. The molecule has 19 heavy (non-hydrogen) atoms. The fourth-order valence-electron chi connectivity index (χ4n) is 1.76. The van der Waals surface area contributed by atoms with E-state index in [4.69, 9.17) is 10.00 Å². The van der Waals surface area contributed by atoms with Crippen molar-refractivity contribution in [2.45, 2.75) is 12.0 Å². The molecule has 1 fully saturated rings. The van der Waals surface area contributed by atoms with E-state index in [1.165, 1.54) is 0 Å². The summed E-state index contributed by atoms with van der Waals surface area (Å²) in [5.41, 5.74) is -0.711. The quantitative estimate of drug-likeness (QED) is 0.804. The van der Waals surface area contributed by atoms with Crippen molar-refractivity contribution in [2.75, 3.05) is 18.1 Å². The van der Waals surface area contributed by atoms with Crippen molar-refractivity contribution in [2.24, 2.45) is 0 Å². The standard InChI is InChI=1S/C13H13IN2O2S/c14-10-1-3-11(4-2-10)18-7-12(17)16-13(8-15)5-6-19-9-13/h1-4H,5-7,9H2,(H,16,17). The van der Waals surface area contributed by atoms with E-state index >= 15 is 0 Å². The predicted octanol–water partition coefficient (Wildman–Crippen LogP) is 2.19. The average Bonchev–Trinajstić information content (AvgIpc) is 2.87. The summed E-state index contributed by atoms with van der Waals surface area (Å²) in [6.45, 7) is -0.0608. The lowest BCUT2D eigenvalue weighted by Gasteiger charge is -2.21. The van der Waals surface area contributed by atoms with E-state index in [-0.39, 0.29) is 12.5 Å². The Balaban J connectivity index is 1.85. The molecule has 1 unspecified atom stereocenters. The molecule has 0 saturated carbocycles. The molecule has 0 spiro atoms. The Morgan fingerprint density at radius 3 is 2.84 bits per heavy atom. The monoisotopic (exact) mass is 388 g/mol. The lowest BCUT2D eigenvalue weighted by Crippen LogP contribution is -2.49. The Hall–Kier alpha value is -0.940. The highest BCUT2D eigenvalue weighted by atomic mass is 127. The van der Waals surface area contributed by atoms with Gasteiger partial charge in [-0.1, -0.05) is 0 Å². The molecule has 2 rings (SSSR count). The van der Waals surface area contributed by atoms with Crippen LogP contribution < -0.4 is 10.1 Å².